The van der Waals surface area contributed by atoms with E-state index < -0.39 is 15.8 Å². The van der Waals surface area contributed by atoms with Crippen LogP contribution in [0, 0.1) is 26.7 Å². The second-order valence-electron chi connectivity index (χ2n) is 9.54. The van der Waals surface area contributed by atoms with Crippen molar-refractivity contribution in [3.63, 3.8) is 0 Å². The zero-order valence-corrected chi connectivity index (χ0v) is 22.4. The van der Waals surface area contributed by atoms with E-state index >= 15 is 0 Å². The van der Waals surface area contributed by atoms with E-state index in [9.17, 15) is 18.0 Å². The van der Waals surface area contributed by atoms with E-state index in [1.807, 2.05) is 27.7 Å². The van der Waals surface area contributed by atoms with Crippen LogP contribution in [0.1, 0.15) is 45.6 Å². The number of halogens is 1. The minimum Gasteiger partial charge on any atom is -0.355 e. The smallest absolute Gasteiger partial charge is 0.255 e. The molecule has 0 aliphatic carbocycles. The highest BCUT2D eigenvalue weighted by Crippen LogP contribution is 2.32. The first kappa shape index (κ1) is 26.9. The number of benzene rings is 1. The average Bonchev–Trinajstić information content (AvgIpc) is 3.13. The Balaban J connectivity index is 0.00000342. The van der Waals surface area contributed by atoms with E-state index in [-0.39, 0.29) is 40.6 Å². The number of sulfone groups is 1. The number of hydrogen-bond donors (Lipinski definition) is 1. The first-order valence-electron chi connectivity index (χ1n) is 11.6. The SMILES string of the molecule is Cc1cc(C)c(N2CCN(C(=O)c3ccc([C@@H]4C(=O)NCC4C)cc3S(C)(=O)=O)CC2)nc1C.Cl. The molecule has 0 bridgehead atoms. The van der Waals surface area contributed by atoms with E-state index in [1.165, 1.54) is 6.07 Å². The Hall–Kier alpha value is -2.65. The van der Waals surface area contributed by atoms with Crippen LogP contribution in [0.4, 0.5) is 5.82 Å². The number of nitrogens with one attached hydrogen (secondary N) is 1. The molecule has 2 aliphatic rings. The number of carbonyl (C=O) groups excluding carboxylic acids is 2. The number of aromatic nitrogens is 1. The Labute approximate surface area is 213 Å². The first-order valence-corrected chi connectivity index (χ1v) is 13.5. The van der Waals surface area contributed by atoms with Crippen molar-refractivity contribution in [2.45, 2.75) is 38.5 Å². The number of rotatable bonds is 4. The molecule has 1 unspecified atom stereocenters. The fraction of sp³-hybridized carbons (Fsp3) is 0.480. The van der Waals surface area contributed by atoms with Crippen molar-refractivity contribution >= 4 is 39.9 Å². The highest BCUT2D eigenvalue weighted by atomic mass is 35.5. The summed E-state index contributed by atoms with van der Waals surface area (Å²) in [6.45, 7) is 10.8. The van der Waals surface area contributed by atoms with E-state index in [1.54, 1.807) is 17.0 Å². The second-order valence-corrected chi connectivity index (χ2v) is 11.5. The number of pyridine rings is 1. The molecule has 2 amide bonds. The third-order valence-corrected chi connectivity index (χ3v) is 8.08. The molecule has 35 heavy (non-hydrogen) atoms. The van der Waals surface area contributed by atoms with Crippen LogP contribution in [0.15, 0.2) is 29.2 Å². The maximum absolute atomic E-state index is 13.4. The molecule has 3 heterocycles. The Morgan fingerprint density at radius 3 is 2.29 bits per heavy atom. The number of nitrogens with zero attached hydrogens (tertiary/aromatic N) is 3. The maximum atomic E-state index is 13.4. The van der Waals surface area contributed by atoms with Crippen LogP contribution in [0.2, 0.25) is 0 Å². The van der Waals surface area contributed by atoms with Crippen LogP contribution in [0.25, 0.3) is 0 Å². The molecule has 2 fully saturated rings. The Morgan fingerprint density at radius 2 is 1.71 bits per heavy atom. The van der Waals surface area contributed by atoms with Crippen molar-refractivity contribution in [3.8, 4) is 0 Å². The van der Waals surface area contributed by atoms with Gasteiger partial charge in [0, 0.05) is 44.7 Å². The lowest BCUT2D eigenvalue weighted by atomic mass is 9.89. The highest BCUT2D eigenvalue weighted by molar-refractivity contribution is 7.90. The molecule has 10 heteroatoms. The zero-order valence-electron chi connectivity index (χ0n) is 20.8. The number of piperazine rings is 1. The maximum Gasteiger partial charge on any atom is 0.255 e. The van der Waals surface area contributed by atoms with Gasteiger partial charge in [0.1, 0.15) is 5.82 Å². The van der Waals surface area contributed by atoms with Crippen LogP contribution >= 0.6 is 12.4 Å². The molecular weight excluding hydrogens is 488 g/mol. The molecule has 1 aromatic carbocycles. The van der Waals surface area contributed by atoms with Gasteiger partial charge in [0.25, 0.3) is 5.91 Å². The average molecular weight is 521 g/mol. The summed E-state index contributed by atoms with van der Waals surface area (Å²) >= 11 is 0. The zero-order chi connectivity index (χ0) is 24.8. The van der Waals surface area contributed by atoms with E-state index in [4.69, 9.17) is 4.98 Å². The van der Waals surface area contributed by atoms with Gasteiger partial charge in [-0.3, -0.25) is 9.59 Å². The summed E-state index contributed by atoms with van der Waals surface area (Å²) in [6.07, 6.45) is 1.10. The quantitative estimate of drug-likeness (QED) is 0.665. The first-order chi connectivity index (χ1) is 16.0. The van der Waals surface area contributed by atoms with Crippen molar-refractivity contribution in [2.75, 3.05) is 43.9 Å². The topological polar surface area (TPSA) is 99.7 Å². The van der Waals surface area contributed by atoms with Gasteiger partial charge in [-0.2, -0.15) is 0 Å². The van der Waals surface area contributed by atoms with Gasteiger partial charge in [0.2, 0.25) is 5.91 Å². The molecule has 190 valence electrons. The van der Waals surface area contributed by atoms with Gasteiger partial charge in [-0.1, -0.05) is 19.1 Å². The van der Waals surface area contributed by atoms with Gasteiger partial charge in [-0.05, 0) is 55.5 Å². The molecule has 0 spiro atoms. The highest BCUT2D eigenvalue weighted by Gasteiger charge is 2.35. The van der Waals surface area contributed by atoms with Crippen LogP contribution in [-0.2, 0) is 14.6 Å². The number of aryl methyl sites for hydroxylation is 3. The Bertz CT molecular complexity index is 1260. The number of carbonyl (C=O) groups is 2. The van der Waals surface area contributed by atoms with Crippen molar-refractivity contribution in [2.24, 2.45) is 5.92 Å². The van der Waals surface area contributed by atoms with Crippen molar-refractivity contribution in [1.29, 1.82) is 0 Å². The van der Waals surface area contributed by atoms with Crippen LogP contribution in [0.5, 0.6) is 0 Å². The largest absolute Gasteiger partial charge is 0.355 e. The minimum absolute atomic E-state index is 0. The predicted molar refractivity (Wildman–Crippen MR) is 138 cm³/mol. The van der Waals surface area contributed by atoms with E-state index in [0.29, 0.717) is 38.3 Å². The summed E-state index contributed by atoms with van der Waals surface area (Å²) in [5, 5.41) is 2.82. The molecule has 1 N–H and O–H groups in total. The monoisotopic (exact) mass is 520 g/mol. The van der Waals surface area contributed by atoms with Gasteiger partial charge in [-0.15, -0.1) is 12.4 Å². The molecule has 2 aliphatic heterocycles. The summed E-state index contributed by atoms with van der Waals surface area (Å²) in [5.41, 5.74) is 4.02. The Morgan fingerprint density at radius 1 is 1.06 bits per heavy atom. The lowest BCUT2D eigenvalue weighted by molar-refractivity contribution is -0.120. The summed E-state index contributed by atoms with van der Waals surface area (Å²) in [5.74, 6) is 0.150. The fourth-order valence-electron chi connectivity index (χ4n) is 4.88. The summed E-state index contributed by atoms with van der Waals surface area (Å²) in [4.78, 5) is 34.3. The number of hydrogen-bond acceptors (Lipinski definition) is 6. The minimum atomic E-state index is -3.67. The van der Waals surface area contributed by atoms with Crippen LogP contribution in [0.3, 0.4) is 0 Å². The molecule has 2 saturated heterocycles. The van der Waals surface area contributed by atoms with E-state index in [0.717, 1.165) is 28.9 Å². The van der Waals surface area contributed by atoms with Crippen molar-refractivity contribution in [3.05, 3.63) is 52.2 Å². The molecule has 1 aromatic heterocycles. The summed E-state index contributed by atoms with van der Waals surface area (Å²) in [6, 6.07) is 6.91. The van der Waals surface area contributed by atoms with Gasteiger partial charge in [0.15, 0.2) is 9.84 Å². The molecule has 0 radical (unpaired) electrons. The lowest BCUT2D eigenvalue weighted by Gasteiger charge is -2.36. The van der Waals surface area contributed by atoms with E-state index in [2.05, 4.69) is 16.3 Å². The van der Waals surface area contributed by atoms with Gasteiger partial charge in [0.05, 0.1) is 16.4 Å². The predicted octanol–water partition coefficient (Wildman–Crippen LogP) is 2.64. The molecule has 2 aromatic rings. The third-order valence-electron chi connectivity index (χ3n) is 6.94. The van der Waals surface area contributed by atoms with Crippen molar-refractivity contribution < 1.29 is 18.0 Å². The molecule has 4 rings (SSSR count). The third kappa shape index (κ3) is 5.30. The molecule has 8 nitrogen and oxygen atoms in total. The fourth-order valence-corrected chi connectivity index (χ4v) is 5.79. The summed E-state index contributed by atoms with van der Waals surface area (Å²) < 4.78 is 25.2. The molecule has 2 atom stereocenters. The van der Waals surface area contributed by atoms with Gasteiger partial charge >= 0.3 is 0 Å². The second kappa shape index (κ2) is 10.1. The van der Waals surface area contributed by atoms with Crippen molar-refractivity contribution in [1.82, 2.24) is 15.2 Å². The van der Waals surface area contributed by atoms with Crippen LogP contribution < -0.4 is 10.2 Å². The summed E-state index contributed by atoms with van der Waals surface area (Å²) in [7, 11) is -3.67. The van der Waals surface area contributed by atoms with Crippen LogP contribution in [-0.4, -0.2) is 69.1 Å². The number of anilines is 1. The Kier molecular flexibility index (Phi) is 7.81. The standard InChI is InChI=1S/C25H32N4O4S.ClH/c1-15-12-16(2)23(27-18(15)4)28-8-10-29(11-9-28)25(31)20-7-6-19(13-21(20)34(5,32)33)22-17(3)14-26-24(22)30;/h6-7,12-13,17,22H,8-11,14H2,1-5H3,(H,26,30);1H/t17?,22-;/m1./s1. The van der Waals surface area contributed by atoms with Gasteiger partial charge in [-0.25, -0.2) is 13.4 Å². The normalized spacial score (nSPS) is 20.4. The van der Waals surface area contributed by atoms with Gasteiger partial charge < -0.3 is 15.1 Å². The molecule has 0 saturated carbocycles. The molecular formula is C25H33ClN4O4S. The number of amides is 2. The lowest BCUT2D eigenvalue weighted by Crippen LogP contribution is -2.49.